The molecule has 0 unspecified atom stereocenters. The van der Waals surface area contributed by atoms with Crippen molar-refractivity contribution in [1.29, 1.82) is 0 Å². The van der Waals surface area contributed by atoms with Crippen molar-refractivity contribution >= 4 is 38.9 Å². The Morgan fingerprint density at radius 2 is 1.18 bits per heavy atom. The number of fused-ring (bicyclic) bond motifs is 5. The van der Waals surface area contributed by atoms with Crippen LogP contribution in [0.2, 0.25) is 0 Å². The minimum atomic E-state index is 0.450. The lowest BCUT2D eigenvalue weighted by molar-refractivity contribution is 0.476. The standard InChI is InChI=1S/C36H24N2O/c1-3-10-27(11-4-1)37(28-12-5-2-6-13-28)29-21-18-25(19-22-29)26-20-23-34-33(24-26)38-32-16-8-7-14-30(32)31-15-9-17-35(39-34)36(31)38/h1-24H/i9D. The van der Waals surface area contributed by atoms with E-state index in [0.717, 1.165) is 67.2 Å². The molecule has 2 heterocycles. The number of para-hydroxylation sites is 4. The largest absolute Gasteiger partial charge is 0.453 e. The van der Waals surface area contributed by atoms with Crippen LogP contribution < -0.4 is 9.64 Å². The Kier molecular flexibility index (Phi) is 4.60. The molecule has 1 aliphatic heterocycles. The van der Waals surface area contributed by atoms with E-state index in [1.807, 2.05) is 30.3 Å². The van der Waals surface area contributed by atoms with Gasteiger partial charge in [0.25, 0.3) is 0 Å². The second-order valence-corrected chi connectivity index (χ2v) is 9.77. The molecule has 0 amide bonds. The number of ether oxygens (including phenoxy) is 1. The molecule has 0 spiro atoms. The molecule has 1 aliphatic rings. The van der Waals surface area contributed by atoms with Crippen molar-refractivity contribution in [3.05, 3.63) is 146 Å². The lowest BCUT2D eigenvalue weighted by atomic mass is 10.0. The Labute approximate surface area is 228 Å². The molecule has 0 N–H and O–H groups in total. The first-order valence-corrected chi connectivity index (χ1v) is 13.1. The zero-order valence-corrected chi connectivity index (χ0v) is 21.1. The minimum Gasteiger partial charge on any atom is -0.453 e. The minimum absolute atomic E-state index is 0.450. The van der Waals surface area contributed by atoms with Gasteiger partial charge in [0, 0.05) is 27.8 Å². The smallest absolute Gasteiger partial charge is 0.152 e. The normalized spacial score (nSPS) is 12.2. The monoisotopic (exact) mass is 501 g/mol. The Morgan fingerprint density at radius 3 is 1.92 bits per heavy atom. The van der Waals surface area contributed by atoms with E-state index in [0.29, 0.717) is 6.04 Å². The average molecular weight is 502 g/mol. The molecule has 6 aromatic carbocycles. The Bertz CT molecular complexity index is 1990. The zero-order chi connectivity index (χ0) is 26.6. The molecule has 8 rings (SSSR count). The molecule has 7 aromatic rings. The highest BCUT2D eigenvalue weighted by Gasteiger charge is 2.24. The van der Waals surface area contributed by atoms with Gasteiger partial charge in [0.2, 0.25) is 0 Å². The van der Waals surface area contributed by atoms with Crippen LogP contribution >= 0.6 is 0 Å². The van der Waals surface area contributed by atoms with Crippen molar-refractivity contribution in [3.63, 3.8) is 0 Å². The van der Waals surface area contributed by atoms with Crippen LogP contribution in [0.1, 0.15) is 1.37 Å². The lowest BCUT2D eigenvalue weighted by Gasteiger charge is -2.25. The van der Waals surface area contributed by atoms with Crippen LogP contribution in [0.15, 0.2) is 146 Å². The highest BCUT2D eigenvalue weighted by molar-refractivity contribution is 6.12. The van der Waals surface area contributed by atoms with Crippen LogP contribution in [0.5, 0.6) is 11.5 Å². The van der Waals surface area contributed by atoms with E-state index in [1.165, 1.54) is 0 Å². The van der Waals surface area contributed by atoms with Gasteiger partial charge in [-0.15, -0.1) is 0 Å². The molecule has 3 nitrogen and oxygen atoms in total. The lowest BCUT2D eigenvalue weighted by Crippen LogP contribution is -2.09. The van der Waals surface area contributed by atoms with Crippen LogP contribution in [0.3, 0.4) is 0 Å². The second kappa shape index (κ2) is 8.64. The highest BCUT2D eigenvalue weighted by Crippen LogP contribution is 2.46. The van der Waals surface area contributed by atoms with Gasteiger partial charge < -0.3 is 14.2 Å². The summed E-state index contributed by atoms with van der Waals surface area (Å²) in [5.74, 6) is 1.52. The van der Waals surface area contributed by atoms with Crippen LogP contribution in [0.25, 0.3) is 38.6 Å². The SMILES string of the molecule is [2H]c1cc2c3c(c1)c1ccccc1n3-c1cc(-c3ccc(N(c4ccccc4)c4ccccc4)cc3)ccc1O2. The van der Waals surface area contributed by atoms with E-state index < -0.39 is 0 Å². The summed E-state index contributed by atoms with van der Waals surface area (Å²) in [4.78, 5) is 2.27. The van der Waals surface area contributed by atoms with Crippen molar-refractivity contribution in [1.82, 2.24) is 4.57 Å². The molecule has 0 radical (unpaired) electrons. The van der Waals surface area contributed by atoms with Crippen LogP contribution in [0, 0.1) is 0 Å². The summed E-state index contributed by atoms with van der Waals surface area (Å²) in [6.45, 7) is 0. The van der Waals surface area contributed by atoms with Gasteiger partial charge in [-0.05, 0) is 71.8 Å². The average Bonchev–Trinajstić information content (AvgIpc) is 3.34. The van der Waals surface area contributed by atoms with Crippen LogP contribution in [0.4, 0.5) is 17.1 Å². The number of anilines is 3. The van der Waals surface area contributed by atoms with Gasteiger partial charge in [-0.25, -0.2) is 0 Å². The van der Waals surface area contributed by atoms with Crippen LogP contribution in [-0.4, -0.2) is 4.57 Å². The number of rotatable bonds is 4. The highest BCUT2D eigenvalue weighted by atomic mass is 16.5. The third-order valence-corrected chi connectivity index (χ3v) is 7.50. The maximum atomic E-state index is 8.32. The maximum absolute atomic E-state index is 8.32. The molecule has 0 atom stereocenters. The van der Waals surface area contributed by atoms with Crippen molar-refractivity contribution in [2.75, 3.05) is 4.90 Å². The van der Waals surface area contributed by atoms with E-state index in [1.54, 1.807) is 6.07 Å². The Hall–Kier alpha value is -5.28. The van der Waals surface area contributed by atoms with Gasteiger partial charge in [-0.1, -0.05) is 84.9 Å². The number of nitrogens with zero attached hydrogens (tertiary/aromatic N) is 2. The number of benzene rings is 6. The molecule has 0 bridgehead atoms. The van der Waals surface area contributed by atoms with Crippen LogP contribution in [-0.2, 0) is 0 Å². The van der Waals surface area contributed by atoms with E-state index in [-0.39, 0.29) is 0 Å². The molecule has 0 fully saturated rings. The van der Waals surface area contributed by atoms with Crippen molar-refractivity contribution in [2.45, 2.75) is 0 Å². The summed E-state index contributed by atoms with van der Waals surface area (Å²) in [5, 5.41) is 2.17. The predicted molar refractivity (Wildman–Crippen MR) is 161 cm³/mol. The maximum Gasteiger partial charge on any atom is 0.152 e. The van der Waals surface area contributed by atoms with Crippen molar-refractivity contribution in [2.24, 2.45) is 0 Å². The molecule has 0 aliphatic carbocycles. The quantitative estimate of drug-likeness (QED) is 0.239. The molecule has 3 heteroatoms. The van der Waals surface area contributed by atoms with Gasteiger partial charge in [-0.2, -0.15) is 0 Å². The van der Waals surface area contributed by atoms with E-state index in [9.17, 15) is 0 Å². The second-order valence-electron chi connectivity index (χ2n) is 9.77. The zero-order valence-electron chi connectivity index (χ0n) is 22.1. The summed E-state index contributed by atoms with van der Waals surface area (Å²) >= 11 is 0. The topological polar surface area (TPSA) is 17.4 Å². The van der Waals surface area contributed by atoms with E-state index >= 15 is 0 Å². The fraction of sp³-hybridized carbons (Fsp3) is 0. The first kappa shape index (κ1) is 20.7. The molecule has 0 saturated carbocycles. The first-order chi connectivity index (χ1) is 19.7. The van der Waals surface area contributed by atoms with E-state index in [4.69, 9.17) is 6.11 Å². The first-order valence-electron chi connectivity index (χ1n) is 13.6. The molecule has 1 aromatic heterocycles. The van der Waals surface area contributed by atoms with E-state index in [2.05, 4.69) is 113 Å². The van der Waals surface area contributed by atoms with Gasteiger partial charge >= 0.3 is 0 Å². The van der Waals surface area contributed by atoms with Gasteiger partial charge in [0.05, 0.1) is 18.1 Å². The summed E-state index contributed by atoms with van der Waals surface area (Å²) in [7, 11) is 0. The van der Waals surface area contributed by atoms with Crippen molar-refractivity contribution < 1.29 is 6.11 Å². The summed E-state index contributed by atoms with van der Waals surface area (Å²) in [6, 6.07) is 48.5. The summed E-state index contributed by atoms with van der Waals surface area (Å²) in [6.07, 6.45) is 0. The molecular weight excluding hydrogens is 476 g/mol. The Balaban J connectivity index is 1.24. The molecule has 0 saturated heterocycles. The predicted octanol–water partition coefficient (Wildman–Crippen LogP) is 10.0. The number of hydrogen-bond donors (Lipinski definition) is 0. The molecular formula is C36H24N2O. The fourth-order valence-electron chi connectivity index (χ4n) is 5.73. The Morgan fingerprint density at radius 1 is 0.538 bits per heavy atom. The fourth-order valence-corrected chi connectivity index (χ4v) is 5.73. The molecule has 39 heavy (non-hydrogen) atoms. The number of hydrogen-bond acceptors (Lipinski definition) is 2. The third-order valence-electron chi connectivity index (χ3n) is 7.50. The summed E-state index contributed by atoms with van der Waals surface area (Å²) < 4.78 is 17.0. The number of aromatic nitrogens is 1. The van der Waals surface area contributed by atoms with Gasteiger partial charge in [0.1, 0.15) is 0 Å². The summed E-state index contributed by atoms with van der Waals surface area (Å²) in [5.41, 5.74) is 8.71. The van der Waals surface area contributed by atoms with Crippen molar-refractivity contribution in [3.8, 4) is 28.3 Å². The molecule has 184 valence electrons. The van der Waals surface area contributed by atoms with Gasteiger partial charge in [-0.3, -0.25) is 0 Å². The third kappa shape index (κ3) is 3.44. The van der Waals surface area contributed by atoms with Gasteiger partial charge in [0.15, 0.2) is 11.5 Å².